The Hall–Kier alpha value is -3.02. The monoisotopic (exact) mass is 379 g/mol. The lowest BCUT2D eigenvalue weighted by Crippen LogP contribution is -2.40. The van der Waals surface area contributed by atoms with Crippen molar-refractivity contribution in [3.63, 3.8) is 0 Å². The van der Waals surface area contributed by atoms with E-state index in [-0.39, 0.29) is 23.5 Å². The molecule has 1 aliphatic heterocycles. The molecular formula is C22H22FN3O2. The van der Waals surface area contributed by atoms with Crippen molar-refractivity contribution in [1.29, 1.82) is 0 Å². The molecular weight excluding hydrogens is 357 g/mol. The maximum Gasteiger partial charge on any atom is 0.253 e. The van der Waals surface area contributed by atoms with Gasteiger partial charge in [-0.25, -0.2) is 4.39 Å². The van der Waals surface area contributed by atoms with Crippen molar-refractivity contribution < 1.29 is 13.7 Å². The van der Waals surface area contributed by atoms with E-state index in [4.69, 9.17) is 4.52 Å². The van der Waals surface area contributed by atoms with Gasteiger partial charge in [-0.05, 0) is 49.9 Å². The number of rotatable bonds is 4. The van der Waals surface area contributed by atoms with Crippen molar-refractivity contribution in [3.8, 4) is 11.4 Å². The summed E-state index contributed by atoms with van der Waals surface area (Å²) in [6.07, 6.45) is 2.52. The van der Waals surface area contributed by atoms with Gasteiger partial charge in [-0.15, -0.1) is 0 Å². The molecule has 0 spiro atoms. The van der Waals surface area contributed by atoms with Gasteiger partial charge in [-0.1, -0.05) is 35.0 Å². The normalized spacial score (nSPS) is 16.9. The number of piperidine rings is 1. The number of carbonyl (C=O) groups excluding carboxylic acids is 1. The molecule has 3 aromatic rings. The topological polar surface area (TPSA) is 59.2 Å². The number of nitrogens with zero attached hydrogens (tertiary/aromatic N) is 3. The van der Waals surface area contributed by atoms with Crippen molar-refractivity contribution >= 4 is 5.91 Å². The molecule has 1 aromatic heterocycles. The van der Waals surface area contributed by atoms with E-state index in [1.807, 2.05) is 36.1 Å². The van der Waals surface area contributed by atoms with Gasteiger partial charge >= 0.3 is 0 Å². The third-order valence-electron chi connectivity index (χ3n) is 5.12. The van der Waals surface area contributed by atoms with Gasteiger partial charge in [0.25, 0.3) is 5.91 Å². The molecule has 1 aliphatic rings. The van der Waals surface area contributed by atoms with Crippen LogP contribution in [0.25, 0.3) is 11.4 Å². The molecule has 0 bridgehead atoms. The van der Waals surface area contributed by atoms with E-state index >= 15 is 0 Å². The van der Waals surface area contributed by atoms with Crippen LogP contribution in [0, 0.1) is 18.7 Å². The Labute approximate surface area is 163 Å². The van der Waals surface area contributed by atoms with Crippen molar-refractivity contribution in [2.45, 2.75) is 26.2 Å². The minimum Gasteiger partial charge on any atom is -0.339 e. The third kappa shape index (κ3) is 3.96. The standard InChI is InChI=1S/C22H22FN3O2/c1-15-6-4-8-17(12-15)22(27)26-11-5-7-16(14-26)13-20-24-21(25-28-20)18-9-2-3-10-19(18)23/h2-4,6,8-10,12,16H,5,7,11,13-14H2,1H3. The quantitative estimate of drug-likeness (QED) is 0.679. The summed E-state index contributed by atoms with van der Waals surface area (Å²) >= 11 is 0. The highest BCUT2D eigenvalue weighted by molar-refractivity contribution is 5.94. The highest BCUT2D eigenvalue weighted by Gasteiger charge is 2.26. The highest BCUT2D eigenvalue weighted by Crippen LogP contribution is 2.24. The molecule has 0 saturated carbocycles. The molecule has 144 valence electrons. The van der Waals surface area contributed by atoms with Gasteiger partial charge in [0, 0.05) is 25.1 Å². The first-order chi connectivity index (χ1) is 13.6. The molecule has 0 radical (unpaired) electrons. The molecule has 1 fully saturated rings. The third-order valence-corrected chi connectivity index (χ3v) is 5.12. The first-order valence-corrected chi connectivity index (χ1v) is 9.53. The summed E-state index contributed by atoms with van der Waals surface area (Å²) in [5, 5.41) is 3.92. The lowest BCUT2D eigenvalue weighted by molar-refractivity contribution is 0.0668. The molecule has 2 heterocycles. The van der Waals surface area contributed by atoms with Crippen molar-refractivity contribution in [3.05, 3.63) is 71.4 Å². The molecule has 5 nitrogen and oxygen atoms in total. The smallest absolute Gasteiger partial charge is 0.253 e. The summed E-state index contributed by atoms with van der Waals surface area (Å²) < 4.78 is 19.2. The molecule has 0 N–H and O–H groups in total. The average molecular weight is 379 g/mol. The van der Waals surface area contributed by atoms with Gasteiger partial charge in [0.05, 0.1) is 5.56 Å². The molecule has 28 heavy (non-hydrogen) atoms. The summed E-state index contributed by atoms with van der Waals surface area (Å²) in [5.74, 6) is 0.676. The van der Waals surface area contributed by atoms with E-state index in [0.717, 1.165) is 30.5 Å². The first-order valence-electron chi connectivity index (χ1n) is 9.53. The van der Waals surface area contributed by atoms with E-state index in [9.17, 15) is 9.18 Å². The maximum absolute atomic E-state index is 13.9. The summed E-state index contributed by atoms with van der Waals surface area (Å²) in [6, 6.07) is 14.0. The first kappa shape index (κ1) is 18.3. The molecule has 2 aromatic carbocycles. The fourth-order valence-corrected chi connectivity index (χ4v) is 3.71. The number of benzene rings is 2. The van der Waals surface area contributed by atoms with Crippen LogP contribution in [0.15, 0.2) is 53.1 Å². The zero-order valence-electron chi connectivity index (χ0n) is 15.8. The number of amides is 1. The minimum absolute atomic E-state index is 0.0611. The maximum atomic E-state index is 13.9. The Bertz CT molecular complexity index is 985. The van der Waals surface area contributed by atoms with E-state index < -0.39 is 0 Å². The average Bonchev–Trinajstić information content (AvgIpc) is 3.16. The van der Waals surface area contributed by atoms with Crippen LogP contribution in [0.1, 0.15) is 34.7 Å². The Morgan fingerprint density at radius 2 is 2.11 bits per heavy atom. The van der Waals surface area contributed by atoms with Crippen LogP contribution >= 0.6 is 0 Å². The minimum atomic E-state index is -0.373. The summed E-state index contributed by atoms with van der Waals surface area (Å²) in [5.41, 5.74) is 2.13. The van der Waals surface area contributed by atoms with Crippen LogP contribution in [-0.2, 0) is 6.42 Å². The molecule has 4 rings (SSSR count). The Balaban J connectivity index is 1.43. The Morgan fingerprint density at radius 1 is 1.25 bits per heavy atom. The molecule has 1 amide bonds. The fraction of sp³-hybridized carbons (Fsp3) is 0.318. The zero-order valence-corrected chi connectivity index (χ0v) is 15.8. The van der Waals surface area contributed by atoms with Crippen molar-refractivity contribution in [2.24, 2.45) is 5.92 Å². The molecule has 1 atom stereocenters. The van der Waals surface area contributed by atoms with Gasteiger partial charge < -0.3 is 9.42 Å². The van der Waals surface area contributed by atoms with Crippen LogP contribution < -0.4 is 0 Å². The number of hydrogen-bond donors (Lipinski definition) is 0. The van der Waals surface area contributed by atoms with Gasteiger partial charge in [0.1, 0.15) is 5.82 Å². The van der Waals surface area contributed by atoms with Crippen molar-refractivity contribution in [2.75, 3.05) is 13.1 Å². The number of likely N-dealkylation sites (tertiary alicyclic amines) is 1. The summed E-state index contributed by atoms with van der Waals surface area (Å²) in [4.78, 5) is 19.1. The SMILES string of the molecule is Cc1cccc(C(=O)N2CCCC(Cc3nc(-c4ccccc4F)no3)C2)c1. The van der Waals surface area contributed by atoms with E-state index in [0.29, 0.717) is 24.4 Å². The Morgan fingerprint density at radius 3 is 2.93 bits per heavy atom. The van der Waals surface area contributed by atoms with Crippen LogP contribution in [0.4, 0.5) is 4.39 Å². The number of carbonyl (C=O) groups is 1. The summed E-state index contributed by atoms with van der Waals surface area (Å²) in [6.45, 7) is 3.40. The number of aryl methyl sites for hydroxylation is 1. The summed E-state index contributed by atoms with van der Waals surface area (Å²) in [7, 11) is 0. The van der Waals surface area contributed by atoms with Gasteiger partial charge in [0.2, 0.25) is 11.7 Å². The van der Waals surface area contributed by atoms with Crippen LogP contribution in [-0.4, -0.2) is 34.0 Å². The van der Waals surface area contributed by atoms with E-state index in [2.05, 4.69) is 10.1 Å². The van der Waals surface area contributed by atoms with E-state index in [1.54, 1.807) is 18.2 Å². The fourth-order valence-electron chi connectivity index (χ4n) is 3.71. The highest BCUT2D eigenvalue weighted by atomic mass is 19.1. The molecule has 6 heteroatoms. The number of halogens is 1. The van der Waals surface area contributed by atoms with Crippen LogP contribution in [0.2, 0.25) is 0 Å². The second kappa shape index (κ2) is 7.92. The van der Waals surface area contributed by atoms with Gasteiger partial charge in [-0.2, -0.15) is 4.98 Å². The van der Waals surface area contributed by atoms with Crippen LogP contribution in [0.3, 0.4) is 0 Å². The largest absolute Gasteiger partial charge is 0.339 e. The predicted octanol–water partition coefficient (Wildman–Crippen LogP) is 4.28. The van der Waals surface area contributed by atoms with E-state index in [1.165, 1.54) is 6.07 Å². The Kier molecular flexibility index (Phi) is 5.19. The van der Waals surface area contributed by atoms with Crippen LogP contribution in [0.5, 0.6) is 0 Å². The number of hydrogen-bond acceptors (Lipinski definition) is 4. The molecule has 1 unspecified atom stereocenters. The molecule has 1 saturated heterocycles. The lowest BCUT2D eigenvalue weighted by Gasteiger charge is -2.32. The predicted molar refractivity (Wildman–Crippen MR) is 103 cm³/mol. The second-order valence-electron chi connectivity index (χ2n) is 7.32. The zero-order chi connectivity index (χ0) is 19.5. The van der Waals surface area contributed by atoms with Gasteiger partial charge in [0.15, 0.2) is 0 Å². The number of aromatic nitrogens is 2. The van der Waals surface area contributed by atoms with Crippen molar-refractivity contribution in [1.82, 2.24) is 15.0 Å². The van der Waals surface area contributed by atoms with Gasteiger partial charge in [-0.3, -0.25) is 4.79 Å². The second-order valence-corrected chi connectivity index (χ2v) is 7.32. The molecule has 0 aliphatic carbocycles. The lowest BCUT2D eigenvalue weighted by atomic mass is 9.94.